The van der Waals surface area contributed by atoms with Gasteiger partial charge in [0, 0.05) is 5.69 Å². The van der Waals surface area contributed by atoms with Gasteiger partial charge >= 0.3 is 0 Å². The molecule has 106 valence electrons. The van der Waals surface area contributed by atoms with Gasteiger partial charge in [-0.2, -0.15) is 0 Å². The second-order valence-corrected chi connectivity index (χ2v) is 4.29. The van der Waals surface area contributed by atoms with Gasteiger partial charge in [0.25, 0.3) is 0 Å². The number of nitrogens with one attached hydrogen (secondary N) is 1. The van der Waals surface area contributed by atoms with E-state index in [1.165, 1.54) is 0 Å². The van der Waals surface area contributed by atoms with Crippen LogP contribution in [0, 0.1) is 0 Å². The lowest BCUT2D eigenvalue weighted by molar-refractivity contribution is -0.117. The number of carbonyl (C=O) groups excluding carboxylic acids is 1. The number of rotatable bonds is 8. The number of ether oxygens (including phenoxy) is 1. The molecule has 0 atom stereocenters. The highest BCUT2D eigenvalue weighted by molar-refractivity contribution is 5.92. The van der Waals surface area contributed by atoms with Gasteiger partial charge in [-0.05, 0) is 50.3 Å². The smallest absolute Gasteiger partial charge is 0.238 e. The predicted octanol–water partition coefficient (Wildman–Crippen LogP) is 1.30. The van der Waals surface area contributed by atoms with Crippen LogP contribution in [0.4, 0.5) is 5.69 Å². The number of benzene rings is 1. The van der Waals surface area contributed by atoms with Gasteiger partial charge in [0.1, 0.15) is 5.75 Å². The molecule has 1 rings (SSSR count). The van der Waals surface area contributed by atoms with Crippen LogP contribution in [0.15, 0.2) is 24.3 Å². The van der Waals surface area contributed by atoms with Gasteiger partial charge in [-0.25, -0.2) is 0 Å². The Labute approximate surface area is 114 Å². The first-order chi connectivity index (χ1) is 9.19. The lowest BCUT2D eigenvalue weighted by atomic mass is 10.3. The zero-order valence-corrected chi connectivity index (χ0v) is 11.7. The summed E-state index contributed by atoms with van der Waals surface area (Å²) in [6.45, 7) is 4.77. The fourth-order valence-electron chi connectivity index (χ4n) is 1.74. The highest BCUT2D eigenvalue weighted by Gasteiger charge is 2.08. The van der Waals surface area contributed by atoms with Crippen molar-refractivity contribution < 1.29 is 9.53 Å². The van der Waals surface area contributed by atoms with Crippen molar-refractivity contribution in [3.8, 4) is 5.75 Å². The molecular formula is C14H23N3O2. The lowest BCUT2D eigenvalue weighted by Gasteiger charge is -2.19. The molecule has 1 amide bonds. The summed E-state index contributed by atoms with van der Waals surface area (Å²) >= 11 is 0. The van der Waals surface area contributed by atoms with E-state index in [0.29, 0.717) is 13.1 Å². The normalized spacial score (nSPS) is 10.5. The molecule has 0 aliphatic rings. The number of nitrogens with zero attached hydrogens (tertiary/aromatic N) is 1. The van der Waals surface area contributed by atoms with Crippen LogP contribution in [0.5, 0.6) is 5.75 Å². The average Bonchev–Trinajstić information content (AvgIpc) is 2.44. The van der Waals surface area contributed by atoms with Crippen molar-refractivity contribution in [3.63, 3.8) is 0 Å². The van der Waals surface area contributed by atoms with Crippen molar-refractivity contribution in [1.82, 2.24) is 4.90 Å². The average molecular weight is 265 g/mol. The second-order valence-electron chi connectivity index (χ2n) is 4.29. The number of nitrogens with two attached hydrogens (primary N) is 1. The lowest BCUT2D eigenvalue weighted by Crippen LogP contribution is -2.34. The van der Waals surface area contributed by atoms with Crippen molar-refractivity contribution in [1.29, 1.82) is 0 Å². The quantitative estimate of drug-likeness (QED) is 0.743. The standard InChI is InChI=1S/C14H23N3O2/c1-3-17(10-4-9-15)11-14(18)16-12-5-7-13(19-2)8-6-12/h5-8H,3-4,9-11,15H2,1-2H3,(H,16,18). The molecule has 0 fully saturated rings. The molecule has 0 heterocycles. The van der Waals surface area contributed by atoms with Gasteiger partial charge < -0.3 is 15.8 Å². The van der Waals surface area contributed by atoms with Gasteiger partial charge in [-0.1, -0.05) is 6.92 Å². The number of hydrogen-bond donors (Lipinski definition) is 2. The van der Waals surface area contributed by atoms with Crippen molar-refractivity contribution >= 4 is 11.6 Å². The SMILES string of the molecule is CCN(CCCN)CC(=O)Nc1ccc(OC)cc1. The summed E-state index contributed by atoms with van der Waals surface area (Å²) in [4.78, 5) is 14.0. The van der Waals surface area contributed by atoms with E-state index in [2.05, 4.69) is 10.2 Å². The zero-order chi connectivity index (χ0) is 14.1. The molecule has 0 aromatic heterocycles. The van der Waals surface area contributed by atoms with Gasteiger partial charge in [0.15, 0.2) is 0 Å². The summed E-state index contributed by atoms with van der Waals surface area (Å²) in [5.74, 6) is 0.764. The molecule has 1 aromatic rings. The molecule has 0 radical (unpaired) electrons. The van der Waals surface area contributed by atoms with Crippen LogP contribution in [0.1, 0.15) is 13.3 Å². The zero-order valence-electron chi connectivity index (χ0n) is 11.7. The molecule has 0 unspecified atom stereocenters. The number of likely N-dealkylation sites (N-methyl/N-ethyl adjacent to an activating group) is 1. The van der Waals surface area contributed by atoms with Crippen LogP contribution in [0.2, 0.25) is 0 Å². The third kappa shape index (κ3) is 5.72. The van der Waals surface area contributed by atoms with Gasteiger partial charge in [0.2, 0.25) is 5.91 Å². The van der Waals surface area contributed by atoms with Crippen LogP contribution in [-0.4, -0.2) is 44.1 Å². The Bertz CT molecular complexity index is 379. The Balaban J connectivity index is 2.44. The molecule has 0 saturated carbocycles. The van der Waals surface area contributed by atoms with Crippen LogP contribution in [0.3, 0.4) is 0 Å². The van der Waals surface area contributed by atoms with Crippen molar-refractivity contribution in [2.75, 3.05) is 38.6 Å². The molecule has 3 N–H and O–H groups in total. The van der Waals surface area contributed by atoms with Gasteiger partial charge in [0.05, 0.1) is 13.7 Å². The molecule has 19 heavy (non-hydrogen) atoms. The Morgan fingerprint density at radius 3 is 2.58 bits per heavy atom. The summed E-state index contributed by atoms with van der Waals surface area (Å²) < 4.78 is 5.07. The number of carbonyl (C=O) groups is 1. The Kier molecular flexibility index (Phi) is 6.92. The second kappa shape index (κ2) is 8.50. The Morgan fingerprint density at radius 2 is 2.05 bits per heavy atom. The maximum Gasteiger partial charge on any atom is 0.238 e. The number of methoxy groups -OCH3 is 1. The molecule has 0 saturated heterocycles. The van der Waals surface area contributed by atoms with E-state index in [1.54, 1.807) is 7.11 Å². The minimum absolute atomic E-state index is 0.0101. The van der Waals surface area contributed by atoms with Crippen LogP contribution in [0.25, 0.3) is 0 Å². The summed E-state index contributed by atoms with van der Waals surface area (Å²) in [6, 6.07) is 7.29. The van der Waals surface area contributed by atoms with E-state index in [-0.39, 0.29) is 5.91 Å². The first-order valence-corrected chi connectivity index (χ1v) is 6.56. The molecule has 5 heteroatoms. The number of amides is 1. The number of anilines is 1. The molecule has 0 spiro atoms. The van der Waals surface area contributed by atoms with Gasteiger partial charge in [-0.3, -0.25) is 9.69 Å². The largest absolute Gasteiger partial charge is 0.497 e. The molecule has 0 bridgehead atoms. The molecule has 0 aliphatic carbocycles. The fourth-order valence-corrected chi connectivity index (χ4v) is 1.74. The van der Waals surface area contributed by atoms with E-state index in [0.717, 1.165) is 30.9 Å². The molecule has 1 aromatic carbocycles. The van der Waals surface area contributed by atoms with E-state index in [1.807, 2.05) is 31.2 Å². The highest BCUT2D eigenvalue weighted by Crippen LogP contribution is 2.14. The fraction of sp³-hybridized carbons (Fsp3) is 0.500. The summed E-state index contributed by atoms with van der Waals surface area (Å²) in [5.41, 5.74) is 6.25. The van der Waals surface area contributed by atoms with Crippen LogP contribution in [-0.2, 0) is 4.79 Å². The predicted molar refractivity (Wildman–Crippen MR) is 77.4 cm³/mol. The summed E-state index contributed by atoms with van der Waals surface area (Å²) in [5, 5.41) is 2.87. The number of hydrogen-bond acceptors (Lipinski definition) is 4. The molecular weight excluding hydrogens is 242 g/mol. The van der Waals surface area contributed by atoms with E-state index in [4.69, 9.17) is 10.5 Å². The minimum atomic E-state index is -0.0101. The molecule has 5 nitrogen and oxygen atoms in total. The van der Waals surface area contributed by atoms with Crippen molar-refractivity contribution in [2.24, 2.45) is 5.73 Å². The third-order valence-electron chi connectivity index (χ3n) is 2.87. The molecule has 0 aliphatic heterocycles. The first-order valence-electron chi connectivity index (χ1n) is 6.56. The van der Waals surface area contributed by atoms with Gasteiger partial charge in [-0.15, -0.1) is 0 Å². The van der Waals surface area contributed by atoms with Crippen molar-refractivity contribution in [2.45, 2.75) is 13.3 Å². The topological polar surface area (TPSA) is 67.6 Å². The third-order valence-corrected chi connectivity index (χ3v) is 2.87. The van der Waals surface area contributed by atoms with Crippen LogP contribution >= 0.6 is 0 Å². The van der Waals surface area contributed by atoms with E-state index < -0.39 is 0 Å². The summed E-state index contributed by atoms with van der Waals surface area (Å²) in [7, 11) is 1.62. The van der Waals surface area contributed by atoms with Crippen molar-refractivity contribution in [3.05, 3.63) is 24.3 Å². The highest BCUT2D eigenvalue weighted by atomic mass is 16.5. The Hall–Kier alpha value is -1.59. The van der Waals surface area contributed by atoms with E-state index >= 15 is 0 Å². The Morgan fingerprint density at radius 1 is 1.37 bits per heavy atom. The van der Waals surface area contributed by atoms with Crippen LogP contribution < -0.4 is 15.8 Å². The van der Waals surface area contributed by atoms with E-state index in [9.17, 15) is 4.79 Å². The maximum absolute atomic E-state index is 11.9. The summed E-state index contributed by atoms with van der Waals surface area (Å²) in [6.07, 6.45) is 0.906. The minimum Gasteiger partial charge on any atom is -0.497 e. The maximum atomic E-state index is 11.9. The monoisotopic (exact) mass is 265 g/mol. The first kappa shape index (κ1) is 15.5.